The molecule has 1 heterocycles. The highest BCUT2D eigenvalue weighted by atomic mass is 15.0. The summed E-state index contributed by atoms with van der Waals surface area (Å²) < 4.78 is 2.31. The number of allylic oxidation sites excluding steroid dienone is 6. The quantitative estimate of drug-likeness (QED) is 0.259. The van der Waals surface area contributed by atoms with E-state index in [2.05, 4.69) is 128 Å². The number of rotatable bonds is 7. The van der Waals surface area contributed by atoms with Crippen LogP contribution in [0.3, 0.4) is 0 Å². The minimum absolute atomic E-state index is 1.06. The van der Waals surface area contributed by atoms with E-state index < -0.39 is 0 Å². The number of hydrogen-bond acceptors (Lipinski definition) is 0. The lowest BCUT2D eigenvalue weighted by atomic mass is 9.93. The molecule has 3 aromatic carbocycles. The van der Waals surface area contributed by atoms with Crippen molar-refractivity contribution >= 4 is 28.8 Å². The minimum atomic E-state index is 1.06. The molecule has 1 heteroatoms. The Labute approximate surface area is 197 Å². The van der Waals surface area contributed by atoms with Crippen LogP contribution in [0.5, 0.6) is 0 Å². The zero-order chi connectivity index (χ0) is 23.2. The molecule has 0 radical (unpaired) electrons. The smallest absolute Gasteiger partial charge is 0.0553 e. The van der Waals surface area contributed by atoms with Crippen LogP contribution in [-0.2, 0) is 0 Å². The van der Waals surface area contributed by atoms with Crippen LogP contribution in [0.4, 0.5) is 0 Å². The molecule has 0 saturated carbocycles. The van der Waals surface area contributed by atoms with Crippen molar-refractivity contribution < 1.29 is 0 Å². The van der Waals surface area contributed by atoms with Crippen LogP contribution >= 0.6 is 0 Å². The lowest BCUT2D eigenvalue weighted by Crippen LogP contribution is -1.98. The fourth-order valence-corrected chi connectivity index (χ4v) is 4.41. The highest BCUT2D eigenvalue weighted by molar-refractivity contribution is 6.07. The van der Waals surface area contributed by atoms with Gasteiger partial charge in [0.15, 0.2) is 0 Å². The average molecular weight is 428 g/mol. The van der Waals surface area contributed by atoms with Gasteiger partial charge in [0.1, 0.15) is 0 Å². The number of fused-ring (bicyclic) bond motifs is 1. The molecule has 33 heavy (non-hydrogen) atoms. The van der Waals surface area contributed by atoms with E-state index in [1.807, 2.05) is 19.1 Å². The van der Waals surface area contributed by atoms with Crippen molar-refractivity contribution in [3.8, 4) is 22.3 Å². The van der Waals surface area contributed by atoms with Gasteiger partial charge in [-0.25, -0.2) is 0 Å². The summed E-state index contributed by atoms with van der Waals surface area (Å²) in [5.41, 5.74) is 9.20. The van der Waals surface area contributed by atoms with Gasteiger partial charge in [0, 0.05) is 16.6 Å². The van der Waals surface area contributed by atoms with Crippen molar-refractivity contribution in [2.45, 2.75) is 13.8 Å². The van der Waals surface area contributed by atoms with Crippen LogP contribution in [0.1, 0.15) is 25.1 Å². The Kier molecular flexibility index (Phi) is 6.71. The Morgan fingerprint density at radius 1 is 0.788 bits per heavy atom. The lowest BCUT2D eigenvalue weighted by molar-refractivity contribution is 1.15. The van der Waals surface area contributed by atoms with E-state index >= 15 is 0 Å². The first-order valence-corrected chi connectivity index (χ1v) is 11.3. The number of benzene rings is 3. The van der Waals surface area contributed by atoms with Gasteiger partial charge in [-0.15, -0.1) is 0 Å². The maximum absolute atomic E-state index is 4.20. The summed E-state index contributed by atoms with van der Waals surface area (Å²) in [4.78, 5) is 0. The molecular formula is C32H29N. The van der Waals surface area contributed by atoms with Crippen molar-refractivity contribution in [2.75, 3.05) is 0 Å². The SMILES string of the molecule is C=C/C=C(\C=C/C)n1c(/C=C\C)c(C=C)c2c(-c3ccccc3)cc(-c3ccccc3)cc21. The first-order valence-electron chi connectivity index (χ1n) is 11.3. The maximum atomic E-state index is 4.20. The summed E-state index contributed by atoms with van der Waals surface area (Å²) in [7, 11) is 0. The monoisotopic (exact) mass is 427 g/mol. The van der Waals surface area contributed by atoms with Crippen molar-refractivity contribution in [1.29, 1.82) is 0 Å². The van der Waals surface area contributed by atoms with Crippen molar-refractivity contribution in [3.63, 3.8) is 0 Å². The van der Waals surface area contributed by atoms with E-state index in [4.69, 9.17) is 0 Å². The Hall–Kier alpha value is -4.10. The van der Waals surface area contributed by atoms with Gasteiger partial charge in [0.05, 0.1) is 11.2 Å². The van der Waals surface area contributed by atoms with E-state index in [0.717, 1.165) is 22.5 Å². The Bertz CT molecular complexity index is 1380. The largest absolute Gasteiger partial charge is 0.309 e. The molecule has 1 aromatic heterocycles. The molecule has 0 aliphatic carbocycles. The predicted octanol–water partition coefficient (Wildman–Crippen LogP) is 9.25. The minimum Gasteiger partial charge on any atom is -0.309 e. The van der Waals surface area contributed by atoms with Crippen LogP contribution in [-0.4, -0.2) is 4.57 Å². The summed E-state index contributed by atoms with van der Waals surface area (Å²) >= 11 is 0. The molecular weight excluding hydrogens is 398 g/mol. The number of aromatic nitrogens is 1. The van der Waals surface area contributed by atoms with Gasteiger partial charge in [-0.3, -0.25) is 0 Å². The maximum Gasteiger partial charge on any atom is 0.0553 e. The molecule has 0 atom stereocenters. The third-order valence-electron chi connectivity index (χ3n) is 5.75. The van der Waals surface area contributed by atoms with Crippen LogP contribution in [0.2, 0.25) is 0 Å². The van der Waals surface area contributed by atoms with Gasteiger partial charge in [-0.2, -0.15) is 0 Å². The van der Waals surface area contributed by atoms with Gasteiger partial charge < -0.3 is 4.57 Å². The molecule has 0 spiro atoms. The standard InChI is InChI=1S/C32H29N/c1-5-15-27(16-6-2)33-30(17-7-3)28(8-4)32-29(25-20-13-10-14-21-25)22-26(23-31(32)33)24-18-11-9-12-19-24/h5-23H,1,4H2,2-3H3/b16-6-,17-7-,27-15+. The topological polar surface area (TPSA) is 4.93 Å². The van der Waals surface area contributed by atoms with Gasteiger partial charge in [-0.1, -0.05) is 98.1 Å². The second-order valence-electron chi connectivity index (χ2n) is 7.82. The molecule has 0 bridgehead atoms. The summed E-state index contributed by atoms with van der Waals surface area (Å²) in [6.07, 6.45) is 14.3. The third kappa shape index (κ3) is 4.18. The first kappa shape index (κ1) is 22.1. The van der Waals surface area contributed by atoms with Crippen LogP contribution in [0, 0.1) is 0 Å². The molecule has 4 rings (SSSR count). The van der Waals surface area contributed by atoms with Gasteiger partial charge >= 0.3 is 0 Å². The highest BCUT2D eigenvalue weighted by Gasteiger charge is 2.20. The molecule has 0 fully saturated rings. The zero-order valence-electron chi connectivity index (χ0n) is 19.3. The molecule has 0 saturated heterocycles. The Balaban J connectivity index is 2.23. The number of nitrogens with zero attached hydrogens (tertiary/aromatic N) is 1. The fraction of sp³-hybridized carbons (Fsp3) is 0.0625. The molecule has 0 N–H and O–H groups in total. The van der Waals surface area contributed by atoms with Gasteiger partial charge in [0.25, 0.3) is 0 Å². The normalized spacial score (nSPS) is 12.1. The van der Waals surface area contributed by atoms with E-state index in [0.29, 0.717) is 0 Å². The summed E-state index contributed by atoms with van der Waals surface area (Å²) in [5, 5.41) is 1.20. The molecule has 0 unspecified atom stereocenters. The molecule has 0 amide bonds. The van der Waals surface area contributed by atoms with E-state index in [-0.39, 0.29) is 0 Å². The molecule has 4 aromatic rings. The van der Waals surface area contributed by atoms with Crippen molar-refractivity contribution in [1.82, 2.24) is 4.57 Å². The highest BCUT2D eigenvalue weighted by Crippen LogP contribution is 2.41. The van der Waals surface area contributed by atoms with Crippen molar-refractivity contribution in [2.24, 2.45) is 0 Å². The molecule has 0 aliphatic rings. The molecule has 162 valence electrons. The summed E-state index contributed by atoms with van der Waals surface area (Å²) in [5.74, 6) is 0. The third-order valence-corrected chi connectivity index (χ3v) is 5.75. The summed E-state index contributed by atoms with van der Waals surface area (Å²) in [6, 6.07) is 25.7. The Morgan fingerprint density at radius 2 is 1.45 bits per heavy atom. The van der Waals surface area contributed by atoms with Crippen LogP contribution in [0.25, 0.3) is 51.0 Å². The van der Waals surface area contributed by atoms with Gasteiger partial charge in [0.2, 0.25) is 0 Å². The predicted molar refractivity (Wildman–Crippen MR) is 147 cm³/mol. The van der Waals surface area contributed by atoms with Crippen LogP contribution in [0.15, 0.2) is 116 Å². The van der Waals surface area contributed by atoms with E-state index in [1.54, 1.807) is 0 Å². The molecule has 0 aliphatic heterocycles. The summed E-state index contributed by atoms with van der Waals surface area (Å²) in [6.45, 7) is 12.2. The first-order chi connectivity index (χ1) is 16.2. The van der Waals surface area contributed by atoms with Crippen LogP contribution < -0.4 is 0 Å². The van der Waals surface area contributed by atoms with E-state index in [1.165, 1.54) is 27.6 Å². The fourth-order valence-electron chi connectivity index (χ4n) is 4.41. The van der Waals surface area contributed by atoms with Crippen molar-refractivity contribution in [3.05, 3.63) is 128 Å². The lowest BCUT2D eigenvalue weighted by Gasteiger charge is -2.13. The van der Waals surface area contributed by atoms with E-state index in [9.17, 15) is 0 Å². The molecule has 1 nitrogen and oxygen atoms in total. The Morgan fingerprint density at radius 3 is 2.03 bits per heavy atom. The zero-order valence-corrected chi connectivity index (χ0v) is 19.3. The average Bonchev–Trinajstić information content (AvgIpc) is 3.17. The second kappa shape index (κ2) is 10.0. The second-order valence-corrected chi connectivity index (χ2v) is 7.82. The van der Waals surface area contributed by atoms with Gasteiger partial charge in [-0.05, 0) is 66.5 Å². The number of hydrogen-bond donors (Lipinski definition) is 0.